The van der Waals surface area contributed by atoms with E-state index in [9.17, 15) is 4.79 Å². The number of hydrogen-bond acceptors (Lipinski definition) is 2. The summed E-state index contributed by atoms with van der Waals surface area (Å²) in [6.07, 6.45) is 2.58. The monoisotopic (exact) mass is 155 g/mol. The average Bonchev–Trinajstić information content (AvgIpc) is 2.07. The summed E-state index contributed by atoms with van der Waals surface area (Å²) < 4.78 is 0. The van der Waals surface area contributed by atoms with Crippen LogP contribution in [0, 0.1) is 6.42 Å². The van der Waals surface area contributed by atoms with Crippen molar-refractivity contribution < 1.29 is 4.79 Å². The summed E-state index contributed by atoms with van der Waals surface area (Å²) in [5.41, 5.74) is 0. The van der Waals surface area contributed by atoms with Gasteiger partial charge in [0, 0.05) is 32.6 Å². The first-order valence-electron chi connectivity index (χ1n) is 4.17. The topological polar surface area (TPSA) is 32.3 Å². The minimum Gasteiger partial charge on any atom is -0.340 e. The van der Waals surface area contributed by atoms with Gasteiger partial charge >= 0.3 is 0 Å². The first-order chi connectivity index (χ1) is 5.34. The van der Waals surface area contributed by atoms with Gasteiger partial charge in [0.2, 0.25) is 5.91 Å². The van der Waals surface area contributed by atoms with Crippen LogP contribution < -0.4 is 5.32 Å². The van der Waals surface area contributed by atoms with Gasteiger partial charge in [-0.05, 0) is 6.42 Å². The van der Waals surface area contributed by atoms with Gasteiger partial charge < -0.3 is 10.2 Å². The lowest BCUT2D eigenvalue weighted by molar-refractivity contribution is -0.128. The number of carbonyl (C=O) groups excluding carboxylic acids is 1. The van der Waals surface area contributed by atoms with Crippen molar-refractivity contribution in [1.82, 2.24) is 10.2 Å². The summed E-state index contributed by atoms with van der Waals surface area (Å²) in [5.74, 6) is 0.189. The number of nitrogens with one attached hydrogen (secondary N) is 1. The van der Waals surface area contributed by atoms with Crippen LogP contribution >= 0.6 is 0 Å². The van der Waals surface area contributed by atoms with Gasteiger partial charge in [-0.25, -0.2) is 0 Å². The van der Waals surface area contributed by atoms with Crippen molar-refractivity contribution in [3.63, 3.8) is 0 Å². The normalized spacial score (nSPS) is 18.5. The zero-order chi connectivity index (χ0) is 8.10. The van der Waals surface area contributed by atoms with Crippen molar-refractivity contribution in [2.24, 2.45) is 0 Å². The highest BCUT2D eigenvalue weighted by atomic mass is 16.2. The molecule has 0 aromatic rings. The maximum absolute atomic E-state index is 11.2. The number of nitrogens with zero attached hydrogens (tertiary/aromatic N) is 1. The maximum Gasteiger partial charge on any atom is 0.226 e. The Hall–Kier alpha value is -0.570. The average molecular weight is 155 g/mol. The summed E-state index contributed by atoms with van der Waals surface area (Å²) in [7, 11) is 0. The first-order valence-corrected chi connectivity index (χ1v) is 4.17. The van der Waals surface area contributed by atoms with E-state index < -0.39 is 0 Å². The third-order valence-corrected chi connectivity index (χ3v) is 1.81. The molecule has 0 aromatic heterocycles. The molecule has 1 aliphatic rings. The van der Waals surface area contributed by atoms with Crippen LogP contribution in [0.1, 0.15) is 13.3 Å². The molecule has 0 unspecified atom stereocenters. The maximum atomic E-state index is 11.2. The lowest BCUT2D eigenvalue weighted by atomic mass is 10.2. The Morgan fingerprint density at radius 3 is 2.73 bits per heavy atom. The quantitative estimate of drug-likeness (QED) is 0.610. The van der Waals surface area contributed by atoms with E-state index in [2.05, 4.69) is 5.32 Å². The van der Waals surface area contributed by atoms with Crippen LogP contribution in [0.4, 0.5) is 0 Å². The molecule has 0 aromatic carbocycles. The second-order valence-electron chi connectivity index (χ2n) is 2.69. The SMILES string of the molecule is CC[CH]C(=O)N1CCNCC1. The third kappa shape index (κ3) is 2.50. The molecule has 1 heterocycles. The Labute approximate surface area is 67.8 Å². The largest absolute Gasteiger partial charge is 0.340 e. The molecular formula is C8H15N2O. The van der Waals surface area contributed by atoms with E-state index in [1.54, 1.807) is 6.42 Å². The van der Waals surface area contributed by atoms with Gasteiger partial charge in [0.1, 0.15) is 0 Å². The number of rotatable bonds is 2. The molecule has 1 fully saturated rings. The minimum atomic E-state index is 0.189. The van der Waals surface area contributed by atoms with Crippen LogP contribution in [-0.2, 0) is 4.79 Å². The molecule has 11 heavy (non-hydrogen) atoms. The van der Waals surface area contributed by atoms with Gasteiger partial charge in [-0.2, -0.15) is 0 Å². The molecule has 3 heteroatoms. The summed E-state index contributed by atoms with van der Waals surface area (Å²) >= 11 is 0. The number of hydrogen-bond donors (Lipinski definition) is 1. The lowest BCUT2D eigenvalue weighted by Crippen LogP contribution is -2.46. The highest BCUT2D eigenvalue weighted by Gasteiger charge is 2.14. The van der Waals surface area contributed by atoms with Gasteiger partial charge in [0.15, 0.2) is 0 Å². The van der Waals surface area contributed by atoms with Crippen molar-refractivity contribution in [2.75, 3.05) is 26.2 Å². The first kappa shape index (κ1) is 8.53. The third-order valence-electron chi connectivity index (χ3n) is 1.81. The van der Waals surface area contributed by atoms with Gasteiger partial charge in [-0.15, -0.1) is 0 Å². The van der Waals surface area contributed by atoms with Crippen LogP contribution in [0.15, 0.2) is 0 Å². The molecule has 1 saturated heterocycles. The van der Waals surface area contributed by atoms with Gasteiger partial charge in [0.05, 0.1) is 0 Å². The molecule has 1 N–H and O–H groups in total. The Morgan fingerprint density at radius 2 is 2.18 bits per heavy atom. The Morgan fingerprint density at radius 1 is 1.55 bits per heavy atom. The van der Waals surface area contributed by atoms with E-state index in [1.165, 1.54) is 0 Å². The predicted molar refractivity (Wildman–Crippen MR) is 44.0 cm³/mol. The number of carbonyl (C=O) groups is 1. The molecule has 0 spiro atoms. The lowest BCUT2D eigenvalue weighted by Gasteiger charge is -2.27. The Bertz CT molecular complexity index is 130. The Kier molecular flexibility index (Phi) is 3.36. The second kappa shape index (κ2) is 4.34. The molecule has 1 radical (unpaired) electrons. The highest BCUT2D eigenvalue weighted by Crippen LogP contribution is 1.97. The van der Waals surface area contributed by atoms with E-state index in [-0.39, 0.29) is 5.91 Å². The van der Waals surface area contributed by atoms with Gasteiger partial charge in [0.25, 0.3) is 0 Å². The Balaban J connectivity index is 2.27. The summed E-state index contributed by atoms with van der Waals surface area (Å²) in [6.45, 7) is 5.57. The standard InChI is InChI=1S/C8H15N2O/c1-2-3-8(11)10-6-4-9-5-7-10/h3,9H,2,4-7H2,1H3. The van der Waals surface area contributed by atoms with Crippen molar-refractivity contribution in [3.8, 4) is 0 Å². The smallest absolute Gasteiger partial charge is 0.226 e. The molecule has 0 bridgehead atoms. The molecule has 0 saturated carbocycles. The van der Waals surface area contributed by atoms with Crippen molar-refractivity contribution in [1.29, 1.82) is 0 Å². The molecular weight excluding hydrogens is 140 g/mol. The van der Waals surface area contributed by atoms with Crippen LogP contribution in [0.2, 0.25) is 0 Å². The number of piperazine rings is 1. The van der Waals surface area contributed by atoms with Crippen LogP contribution in [0.3, 0.4) is 0 Å². The van der Waals surface area contributed by atoms with E-state index in [0.717, 1.165) is 32.6 Å². The highest BCUT2D eigenvalue weighted by molar-refractivity contribution is 5.84. The molecule has 1 rings (SSSR count). The van der Waals surface area contributed by atoms with Crippen LogP contribution in [0.5, 0.6) is 0 Å². The van der Waals surface area contributed by atoms with E-state index in [0.29, 0.717) is 0 Å². The van der Waals surface area contributed by atoms with E-state index >= 15 is 0 Å². The molecule has 1 amide bonds. The minimum absolute atomic E-state index is 0.189. The predicted octanol–water partition coefficient (Wildman–Crippen LogP) is 0.0325. The fraction of sp³-hybridized carbons (Fsp3) is 0.750. The molecule has 1 aliphatic heterocycles. The van der Waals surface area contributed by atoms with E-state index in [4.69, 9.17) is 0 Å². The summed E-state index contributed by atoms with van der Waals surface area (Å²) in [4.78, 5) is 13.1. The summed E-state index contributed by atoms with van der Waals surface area (Å²) in [5, 5.41) is 3.20. The van der Waals surface area contributed by atoms with Gasteiger partial charge in [-0.1, -0.05) is 6.92 Å². The van der Waals surface area contributed by atoms with Crippen LogP contribution in [-0.4, -0.2) is 37.0 Å². The van der Waals surface area contributed by atoms with E-state index in [1.807, 2.05) is 11.8 Å². The molecule has 63 valence electrons. The fourth-order valence-electron chi connectivity index (χ4n) is 1.19. The van der Waals surface area contributed by atoms with Crippen molar-refractivity contribution >= 4 is 5.91 Å². The molecule has 0 atom stereocenters. The van der Waals surface area contributed by atoms with Crippen LogP contribution in [0.25, 0.3) is 0 Å². The van der Waals surface area contributed by atoms with Crippen molar-refractivity contribution in [3.05, 3.63) is 6.42 Å². The number of amides is 1. The molecule has 0 aliphatic carbocycles. The fourth-order valence-corrected chi connectivity index (χ4v) is 1.19. The second-order valence-corrected chi connectivity index (χ2v) is 2.69. The zero-order valence-electron chi connectivity index (χ0n) is 6.97. The van der Waals surface area contributed by atoms with Crippen molar-refractivity contribution in [2.45, 2.75) is 13.3 Å². The molecule has 3 nitrogen and oxygen atoms in total. The van der Waals surface area contributed by atoms with Gasteiger partial charge in [-0.3, -0.25) is 4.79 Å². The summed E-state index contributed by atoms with van der Waals surface area (Å²) in [6, 6.07) is 0. The zero-order valence-corrected chi connectivity index (χ0v) is 6.97.